The number of phenols is 2. The first-order chi connectivity index (χ1) is 10.1. The number of para-hydroxylation sites is 1. The fourth-order valence-electron chi connectivity index (χ4n) is 1.85. The number of hydrogen-bond donors (Lipinski definition) is 3. The molecule has 0 spiro atoms. The van der Waals surface area contributed by atoms with Gasteiger partial charge in [0.1, 0.15) is 5.75 Å². The maximum Gasteiger partial charge on any atom is 0.387 e. The van der Waals surface area contributed by atoms with Crippen molar-refractivity contribution in [3.05, 3.63) is 53.6 Å². The van der Waals surface area contributed by atoms with Crippen molar-refractivity contribution in [3.63, 3.8) is 0 Å². The van der Waals surface area contributed by atoms with Crippen LogP contribution in [0.5, 0.6) is 17.2 Å². The van der Waals surface area contributed by atoms with Crippen LogP contribution in [0.1, 0.15) is 11.1 Å². The van der Waals surface area contributed by atoms with E-state index in [1.54, 1.807) is 24.3 Å². The number of aromatic hydroxyl groups is 2. The third kappa shape index (κ3) is 4.32. The average molecular weight is 295 g/mol. The summed E-state index contributed by atoms with van der Waals surface area (Å²) >= 11 is 0. The molecule has 0 saturated heterocycles. The molecule has 0 saturated carbocycles. The molecule has 2 aromatic carbocycles. The lowest BCUT2D eigenvalue weighted by Crippen LogP contribution is -2.12. The number of rotatable bonds is 6. The van der Waals surface area contributed by atoms with Gasteiger partial charge in [0.15, 0.2) is 11.5 Å². The predicted molar refractivity (Wildman–Crippen MR) is 73.4 cm³/mol. The summed E-state index contributed by atoms with van der Waals surface area (Å²) in [4.78, 5) is 0. The van der Waals surface area contributed by atoms with Crippen LogP contribution in [0.15, 0.2) is 42.5 Å². The first-order valence-corrected chi connectivity index (χ1v) is 6.30. The van der Waals surface area contributed by atoms with Crippen LogP contribution in [0.2, 0.25) is 0 Å². The Labute approximate surface area is 120 Å². The van der Waals surface area contributed by atoms with Crippen molar-refractivity contribution in [1.82, 2.24) is 5.32 Å². The van der Waals surface area contributed by atoms with Crippen LogP contribution in [0, 0.1) is 0 Å². The highest BCUT2D eigenvalue weighted by molar-refractivity contribution is 5.44. The molecule has 4 nitrogen and oxygen atoms in total. The Balaban J connectivity index is 1.87. The fourth-order valence-corrected chi connectivity index (χ4v) is 1.85. The van der Waals surface area contributed by atoms with Crippen LogP contribution < -0.4 is 10.1 Å². The Kier molecular flexibility index (Phi) is 4.94. The van der Waals surface area contributed by atoms with Gasteiger partial charge in [0, 0.05) is 18.7 Å². The first kappa shape index (κ1) is 15.1. The number of benzene rings is 2. The number of alkyl halides is 2. The third-order valence-electron chi connectivity index (χ3n) is 2.89. The van der Waals surface area contributed by atoms with Crippen LogP contribution in [0.4, 0.5) is 8.78 Å². The van der Waals surface area contributed by atoms with Crippen molar-refractivity contribution >= 4 is 0 Å². The molecule has 0 atom stereocenters. The second-order valence-electron chi connectivity index (χ2n) is 4.41. The first-order valence-electron chi connectivity index (χ1n) is 6.30. The quantitative estimate of drug-likeness (QED) is 0.717. The highest BCUT2D eigenvalue weighted by Gasteiger charge is 2.06. The molecule has 0 heterocycles. The summed E-state index contributed by atoms with van der Waals surface area (Å²) in [6.45, 7) is -1.97. The standard InChI is InChI=1S/C15H15F2NO3/c16-15(17)21-12-6-4-10(5-7-12)8-18-9-11-2-1-3-13(19)14(11)20/h1-7,15,18-20H,8-9H2. The molecule has 0 amide bonds. The molecular weight excluding hydrogens is 280 g/mol. The Bertz CT molecular complexity index is 588. The van der Waals surface area contributed by atoms with E-state index in [0.717, 1.165) is 5.56 Å². The molecule has 0 aromatic heterocycles. The van der Waals surface area contributed by atoms with Gasteiger partial charge in [-0.3, -0.25) is 0 Å². The minimum atomic E-state index is -2.83. The van der Waals surface area contributed by atoms with Crippen LogP contribution in [-0.4, -0.2) is 16.8 Å². The zero-order chi connectivity index (χ0) is 15.2. The topological polar surface area (TPSA) is 61.7 Å². The largest absolute Gasteiger partial charge is 0.504 e. The van der Waals surface area contributed by atoms with Crippen LogP contribution in [0.25, 0.3) is 0 Å². The van der Waals surface area contributed by atoms with Gasteiger partial charge in [-0.15, -0.1) is 0 Å². The Morgan fingerprint density at radius 1 is 1.00 bits per heavy atom. The minimum Gasteiger partial charge on any atom is -0.504 e. The molecule has 0 bridgehead atoms. The molecule has 0 fully saturated rings. The van der Waals surface area contributed by atoms with Gasteiger partial charge in [-0.25, -0.2) is 0 Å². The van der Waals surface area contributed by atoms with Crippen molar-refractivity contribution in [2.75, 3.05) is 0 Å². The molecule has 2 aromatic rings. The highest BCUT2D eigenvalue weighted by Crippen LogP contribution is 2.27. The molecule has 0 unspecified atom stereocenters. The van der Waals surface area contributed by atoms with E-state index in [1.807, 2.05) is 0 Å². The summed E-state index contributed by atoms with van der Waals surface area (Å²) in [5.41, 5.74) is 1.46. The highest BCUT2D eigenvalue weighted by atomic mass is 19.3. The van der Waals surface area contributed by atoms with E-state index in [4.69, 9.17) is 0 Å². The van der Waals surface area contributed by atoms with E-state index in [9.17, 15) is 19.0 Å². The number of phenolic OH excluding ortho intramolecular Hbond substituents is 2. The zero-order valence-electron chi connectivity index (χ0n) is 11.1. The molecule has 0 aliphatic heterocycles. The molecule has 0 aliphatic rings. The Morgan fingerprint density at radius 2 is 1.71 bits per heavy atom. The maximum atomic E-state index is 12.0. The summed E-state index contributed by atoms with van der Waals surface area (Å²) in [5.74, 6) is -0.201. The van der Waals surface area contributed by atoms with Crippen LogP contribution in [0.3, 0.4) is 0 Å². The minimum absolute atomic E-state index is 0.111. The third-order valence-corrected chi connectivity index (χ3v) is 2.89. The number of hydrogen-bond acceptors (Lipinski definition) is 4. The summed E-state index contributed by atoms with van der Waals surface area (Å²) in [6.07, 6.45) is 0. The van der Waals surface area contributed by atoms with Gasteiger partial charge >= 0.3 is 6.61 Å². The zero-order valence-corrected chi connectivity index (χ0v) is 11.1. The number of nitrogens with one attached hydrogen (secondary N) is 1. The summed E-state index contributed by atoms with van der Waals surface area (Å²) in [6, 6.07) is 11.0. The lowest BCUT2D eigenvalue weighted by atomic mass is 10.1. The molecule has 3 N–H and O–H groups in total. The fraction of sp³-hybridized carbons (Fsp3) is 0.200. The second-order valence-corrected chi connectivity index (χ2v) is 4.41. The van der Waals surface area contributed by atoms with E-state index < -0.39 is 6.61 Å². The van der Waals surface area contributed by atoms with Crippen molar-refractivity contribution in [2.45, 2.75) is 19.7 Å². The van der Waals surface area contributed by atoms with Crippen molar-refractivity contribution in [3.8, 4) is 17.2 Å². The van der Waals surface area contributed by atoms with Gasteiger partial charge in [-0.05, 0) is 23.8 Å². The Morgan fingerprint density at radius 3 is 2.38 bits per heavy atom. The maximum absolute atomic E-state index is 12.0. The van der Waals surface area contributed by atoms with Gasteiger partial charge in [0.25, 0.3) is 0 Å². The molecule has 0 aliphatic carbocycles. The lowest BCUT2D eigenvalue weighted by Gasteiger charge is -2.09. The smallest absolute Gasteiger partial charge is 0.387 e. The van der Waals surface area contributed by atoms with E-state index in [2.05, 4.69) is 10.1 Å². The van der Waals surface area contributed by atoms with Gasteiger partial charge < -0.3 is 20.3 Å². The SMILES string of the molecule is Oc1cccc(CNCc2ccc(OC(F)F)cc2)c1O. The molecule has 21 heavy (non-hydrogen) atoms. The van der Waals surface area contributed by atoms with E-state index in [-0.39, 0.29) is 17.2 Å². The molecule has 0 radical (unpaired) electrons. The van der Waals surface area contributed by atoms with Gasteiger partial charge in [0.05, 0.1) is 0 Å². The monoisotopic (exact) mass is 295 g/mol. The van der Waals surface area contributed by atoms with Gasteiger partial charge in [0.2, 0.25) is 0 Å². The van der Waals surface area contributed by atoms with E-state index >= 15 is 0 Å². The molecule has 112 valence electrons. The van der Waals surface area contributed by atoms with E-state index in [1.165, 1.54) is 18.2 Å². The van der Waals surface area contributed by atoms with E-state index in [0.29, 0.717) is 18.7 Å². The Hall–Kier alpha value is -2.34. The van der Waals surface area contributed by atoms with Crippen LogP contribution in [-0.2, 0) is 13.1 Å². The summed E-state index contributed by atoms with van der Waals surface area (Å²) in [7, 11) is 0. The summed E-state index contributed by atoms with van der Waals surface area (Å²) in [5, 5.41) is 22.1. The predicted octanol–water partition coefficient (Wildman–Crippen LogP) is 2.99. The number of ether oxygens (including phenoxy) is 1. The lowest BCUT2D eigenvalue weighted by molar-refractivity contribution is -0.0498. The van der Waals surface area contributed by atoms with Crippen LogP contribution >= 0.6 is 0 Å². The molecule has 6 heteroatoms. The average Bonchev–Trinajstić information content (AvgIpc) is 2.45. The molecule has 2 rings (SSSR count). The van der Waals surface area contributed by atoms with Gasteiger partial charge in [-0.1, -0.05) is 24.3 Å². The summed E-state index contributed by atoms with van der Waals surface area (Å²) < 4.78 is 28.3. The van der Waals surface area contributed by atoms with Crippen molar-refractivity contribution in [2.24, 2.45) is 0 Å². The second kappa shape index (κ2) is 6.90. The normalized spacial score (nSPS) is 10.8. The van der Waals surface area contributed by atoms with Crippen molar-refractivity contribution in [1.29, 1.82) is 0 Å². The molecular formula is C15H15F2NO3. The van der Waals surface area contributed by atoms with Crippen molar-refractivity contribution < 1.29 is 23.7 Å². The number of halogens is 2. The van der Waals surface area contributed by atoms with Gasteiger partial charge in [-0.2, -0.15) is 8.78 Å².